The van der Waals surface area contributed by atoms with Gasteiger partial charge in [-0.05, 0) is 24.0 Å². The smallest absolute Gasteiger partial charge is 0.330 e. The van der Waals surface area contributed by atoms with E-state index < -0.39 is 22.8 Å². The number of ether oxygens (including phenoxy) is 2. The molecule has 7 nitrogen and oxygen atoms in total. The van der Waals surface area contributed by atoms with Crippen molar-refractivity contribution in [2.75, 3.05) is 13.2 Å². The molecule has 2 amide bonds. The third-order valence-electron chi connectivity index (χ3n) is 6.52. The summed E-state index contributed by atoms with van der Waals surface area (Å²) in [5.74, 6) is -0.812. The molecule has 3 atom stereocenters. The number of fused-ring (bicyclic) bond motifs is 1. The molecule has 3 aliphatic rings. The summed E-state index contributed by atoms with van der Waals surface area (Å²) >= 11 is 1.61. The zero-order valence-corrected chi connectivity index (χ0v) is 19.0. The highest BCUT2D eigenvalue weighted by atomic mass is 32.2. The van der Waals surface area contributed by atoms with Gasteiger partial charge >= 0.3 is 5.97 Å². The van der Waals surface area contributed by atoms with Crippen molar-refractivity contribution >= 4 is 29.5 Å². The standard InChI is InChI=1S/C25H26N2O5S/c28-19(15-17-7-3-1-4-8-17)26-20-22(29)27-21(24(30)32-16-18-9-5-2-6-10-18)25(33-23(20)27)11-13-31-14-12-25/h1-10,20-21,23H,11-16H2,(H,26,28)/t20?,21?,23-/m0/s1. The topological polar surface area (TPSA) is 84.9 Å². The van der Waals surface area contributed by atoms with Crippen molar-refractivity contribution in [3.8, 4) is 0 Å². The predicted octanol–water partition coefficient (Wildman–Crippen LogP) is 2.29. The highest BCUT2D eigenvalue weighted by Gasteiger charge is 2.67. The van der Waals surface area contributed by atoms with Crippen LogP contribution < -0.4 is 5.32 Å². The minimum Gasteiger partial charge on any atom is -0.459 e. The molecule has 2 unspecified atom stereocenters. The van der Waals surface area contributed by atoms with Crippen LogP contribution in [0.4, 0.5) is 0 Å². The van der Waals surface area contributed by atoms with Crippen LogP contribution in [0, 0.1) is 0 Å². The lowest BCUT2D eigenvalue weighted by Crippen LogP contribution is -2.71. The molecule has 3 saturated heterocycles. The number of β-lactam (4-membered cyclic amide) rings is 1. The summed E-state index contributed by atoms with van der Waals surface area (Å²) in [6, 6.07) is 17.6. The number of hydrogen-bond donors (Lipinski definition) is 1. The fourth-order valence-corrected chi connectivity index (χ4v) is 6.71. The first-order chi connectivity index (χ1) is 16.1. The van der Waals surface area contributed by atoms with Crippen LogP contribution >= 0.6 is 11.8 Å². The molecular weight excluding hydrogens is 440 g/mol. The Kier molecular flexibility index (Phi) is 6.12. The number of nitrogens with zero attached hydrogens (tertiary/aromatic N) is 1. The van der Waals surface area contributed by atoms with E-state index in [1.807, 2.05) is 60.7 Å². The van der Waals surface area contributed by atoms with E-state index in [-0.39, 0.29) is 30.2 Å². The minimum atomic E-state index is -0.671. The van der Waals surface area contributed by atoms with E-state index in [4.69, 9.17) is 9.47 Å². The summed E-state index contributed by atoms with van der Waals surface area (Å²) in [5, 5.41) is 2.62. The Morgan fingerprint density at radius 2 is 1.67 bits per heavy atom. The summed E-state index contributed by atoms with van der Waals surface area (Å²) in [6.45, 7) is 1.24. The highest BCUT2D eigenvalue weighted by Crippen LogP contribution is 2.55. The van der Waals surface area contributed by atoms with Crippen molar-refractivity contribution < 1.29 is 23.9 Å². The third-order valence-corrected chi connectivity index (χ3v) is 8.36. The highest BCUT2D eigenvalue weighted by molar-refractivity contribution is 8.01. The van der Waals surface area contributed by atoms with Crippen LogP contribution in [0.1, 0.15) is 24.0 Å². The lowest BCUT2D eigenvalue weighted by Gasteiger charge is -2.44. The second-order valence-electron chi connectivity index (χ2n) is 8.63. The van der Waals surface area contributed by atoms with Crippen molar-refractivity contribution in [2.24, 2.45) is 0 Å². The number of thioether (sulfide) groups is 1. The molecule has 1 spiro atoms. The maximum atomic E-state index is 13.2. The maximum Gasteiger partial charge on any atom is 0.330 e. The van der Waals surface area contributed by atoms with Crippen LogP contribution in [-0.4, -0.2) is 58.1 Å². The minimum absolute atomic E-state index is 0.164. The van der Waals surface area contributed by atoms with Crippen molar-refractivity contribution in [1.29, 1.82) is 0 Å². The molecule has 0 saturated carbocycles. The number of carbonyl (C=O) groups excluding carboxylic acids is 3. The van der Waals surface area contributed by atoms with Gasteiger partial charge in [0.1, 0.15) is 24.1 Å². The molecule has 2 aromatic carbocycles. The third kappa shape index (κ3) is 4.25. The van der Waals surface area contributed by atoms with Crippen LogP contribution in [-0.2, 0) is 36.9 Å². The molecule has 0 radical (unpaired) electrons. The molecule has 172 valence electrons. The average molecular weight is 467 g/mol. The van der Waals surface area contributed by atoms with E-state index in [0.29, 0.717) is 26.1 Å². The molecular formula is C25H26N2O5S. The van der Waals surface area contributed by atoms with E-state index >= 15 is 0 Å². The Labute approximate surface area is 196 Å². The fraction of sp³-hybridized carbons (Fsp3) is 0.400. The monoisotopic (exact) mass is 466 g/mol. The van der Waals surface area contributed by atoms with Crippen molar-refractivity contribution in [3.05, 3.63) is 71.8 Å². The summed E-state index contributed by atoms with van der Waals surface area (Å²) in [4.78, 5) is 40.6. The Morgan fingerprint density at radius 3 is 2.33 bits per heavy atom. The molecule has 1 N–H and O–H groups in total. The van der Waals surface area contributed by atoms with E-state index in [1.165, 1.54) is 0 Å². The zero-order valence-electron chi connectivity index (χ0n) is 18.1. The number of amides is 2. The Bertz CT molecular complexity index is 1030. The Morgan fingerprint density at radius 1 is 1.03 bits per heavy atom. The van der Waals surface area contributed by atoms with Gasteiger partial charge in [0.2, 0.25) is 11.8 Å². The Balaban J connectivity index is 1.29. The molecule has 0 aromatic heterocycles. The van der Waals surface area contributed by atoms with Crippen molar-refractivity contribution in [2.45, 2.75) is 48.1 Å². The number of carbonyl (C=O) groups is 3. The summed E-state index contributed by atoms with van der Waals surface area (Å²) in [6.07, 6.45) is 1.53. The first-order valence-electron chi connectivity index (χ1n) is 11.2. The number of nitrogens with one attached hydrogen (secondary N) is 1. The molecule has 5 rings (SSSR count). The van der Waals surface area contributed by atoms with Gasteiger partial charge in [-0.1, -0.05) is 60.7 Å². The van der Waals surface area contributed by atoms with Crippen LogP contribution in [0.25, 0.3) is 0 Å². The van der Waals surface area contributed by atoms with E-state index in [2.05, 4.69) is 5.32 Å². The first-order valence-corrected chi connectivity index (χ1v) is 12.1. The van der Waals surface area contributed by atoms with Gasteiger partial charge < -0.3 is 19.7 Å². The fourth-order valence-electron chi connectivity index (χ4n) is 4.83. The first kappa shape index (κ1) is 22.0. The van der Waals surface area contributed by atoms with Crippen LogP contribution in [0.2, 0.25) is 0 Å². The van der Waals surface area contributed by atoms with Gasteiger partial charge in [-0.3, -0.25) is 9.59 Å². The van der Waals surface area contributed by atoms with Crippen molar-refractivity contribution in [3.63, 3.8) is 0 Å². The lowest BCUT2D eigenvalue weighted by molar-refractivity contribution is -0.166. The van der Waals surface area contributed by atoms with Gasteiger partial charge in [0.15, 0.2) is 0 Å². The normalized spacial score (nSPS) is 25.3. The molecule has 2 aromatic rings. The average Bonchev–Trinajstić information content (AvgIpc) is 3.13. The van der Waals surface area contributed by atoms with Gasteiger partial charge in [-0.2, -0.15) is 0 Å². The number of esters is 1. The van der Waals surface area contributed by atoms with Gasteiger partial charge in [-0.15, -0.1) is 11.8 Å². The molecule has 3 aliphatic heterocycles. The molecule has 3 fully saturated rings. The summed E-state index contributed by atoms with van der Waals surface area (Å²) in [5.41, 5.74) is 1.79. The number of benzene rings is 2. The quantitative estimate of drug-likeness (QED) is 0.520. The molecule has 8 heteroatoms. The Hall–Kier alpha value is -2.84. The van der Waals surface area contributed by atoms with Gasteiger partial charge in [0.05, 0.1) is 11.2 Å². The van der Waals surface area contributed by atoms with E-state index in [1.54, 1.807) is 16.7 Å². The second-order valence-corrected chi connectivity index (χ2v) is 10.2. The number of rotatable bonds is 6. The molecule has 33 heavy (non-hydrogen) atoms. The molecule has 3 heterocycles. The lowest BCUT2D eigenvalue weighted by atomic mass is 9.87. The van der Waals surface area contributed by atoms with E-state index in [9.17, 15) is 14.4 Å². The van der Waals surface area contributed by atoms with Crippen LogP contribution in [0.15, 0.2) is 60.7 Å². The predicted molar refractivity (Wildman–Crippen MR) is 123 cm³/mol. The molecule has 0 bridgehead atoms. The second kappa shape index (κ2) is 9.19. The van der Waals surface area contributed by atoms with Gasteiger partial charge in [0, 0.05) is 13.2 Å². The summed E-state index contributed by atoms with van der Waals surface area (Å²) < 4.78 is 10.8. The van der Waals surface area contributed by atoms with Gasteiger partial charge in [0.25, 0.3) is 0 Å². The maximum absolute atomic E-state index is 13.2. The largest absolute Gasteiger partial charge is 0.459 e. The zero-order chi connectivity index (χ0) is 22.8. The summed E-state index contributed by atoms with van der Waals surface area (Å²) in [7, 11) is 0. The van der Waals surface area contributed by atoms with E-state index in [0.717, 1.165) is 11.1 Å². The van der Waals surface area contributed by atoms with Crippen LogP contribution in [0.3, 0.4) is 0 Å². The van der Waals surface area contributed by atoms with Crippen molar-refractivity contribution in [1.82, 2.24) is 10.2 Å². The number of hydrogen-bond acceptors (Lipinski definition) is 6. The molecule has 0 aliphatic carbocycles. The SMILES string of the molecule is O=C(Cc1ccccc1)NC1C(=O)N2C(C(=O)OCc3ccccc3)C3(CCOCC3)S[C@@H]12. The van der Waals surface area contributed by atoms with Gasteiger partial charge in [-0.25, -0.2) is 4.79 Å². The van der Waals surface area contributed by atoms with Crippen LogP contribution in [0.5, 0.6) is 0 Å².